The molecule has 5 heteroatoms. The van der Waals surface area contributed by atoms with Crippen LogP contribution in [0.25, 0.3) is 0 Å². The highest BCUT2D eigenvalue weighted by Crippen LogP contribution is 2.24. The normalized spacial score (nSPS) is 23.2. The van der Waals surface area contributed by atoms with Gasteiger partial charge >= 0.3 is 0 Å². The molecule has 0 unspecified atom stereocenters. The molecule has 112 valence electrons. The highest BCUT2D eigenvalue weighted by Gasteiger charge is 2.28. The van der Waals surface area contributed by atoms with Gasteiger partial charge in [-0.15, -0.1) is 0 Å². The molecule has 2 aromatic rings. The first-order valence-electron chi connectivity index (χ1n) is 7.39. The zero-order chi connectivity index (χ0) is 14.9. The van der Waals surface area contributed by atoms with E-state index in [0.717, 1.165) is 16.8 Å². The van der Waals surface area contributed by atoms with E-state index in [9.17, 15) is 4.39 Å². The number of rotatable bonds is 3. The van der Waals surface area contributed by atoms with E-state index in [2.05, 4.69) is 27.4 Å². The fourth-order valence-corrected chi connectivity index (χ4v) is 2.89. The van der Waals surface area contributed by atoms with Gasteiger partial charge in [-0.3, -0.25) is 4.99 Å². The second-order valence-electron chi connectivity index (χ2n) is 5.56. The second-order valence-corrected chi connectivity index (χ2v) is 5.56. The number of nitrogens with one attached hydrogen (secondary N) is 1. The molecule has 1 aromatic heterocycles. The van der Waals surface area contributed by atoms with E-state index < -0.39 is 6.17 Å². The van der Waals surface area contributed by atoms with Gasteiger partial charge in [0.1, 0.15) is 12.0 Å². The molecule has 0 bridgehead atoms. The number of benzene rings is 1. The van der Waals surface area contributed by atoms with Gasteiger partial charge in [0.25, 0.3) is 0 Å². The van der Waals surface area contributed by atoms with Crippen LogP contribution in [-0.4, -0.2) is 36.1 Å². The molecule has 0 radical (unpaired) electrons. The summed E-state index contributed by atoms with van der Waals surface area (Å²) in [7, 11) is 0. The third-order valence-electron chi connectivity index (χ3n) is 4.06. The number of aromatic nitrogens is 1. The monoisotopic (exact) mass is 297 g/mol. The molecule has 4 rings (SSSR count). The highest BCUT2D eigenvalue weighted by molar-refractivity contribution is 6.15. The van der Waals surface area contributed by atoms with Crippen LogP contribution in [0.15, 0.2) is 47.6 Å². The number of ether oxygens (including phenoxy) is 1. The molecule has 0 saturated carbocycles. The first-order valence-corrected chi connectivity index (χ1v) is 7.39. The van der Waals surface area contributed by atoms with E-state index in [0.29, 0.717) is 19.0 Å². The Morgan fingerprint density at radius 1 is 1.18 bits per heavy atom. The lowest BCUT2D eigenvalue weighted by Gasteiger charge is -2.14. The minimum absolute atomic E-state index is 0.150. The Labute approximate surface area is 128 Å². The van der Waals surface area contributed by atoms with Crippen LogP contribution in [-0.2, 0) is 11.3 Å². The zero-order valence-corrected chi connectivity index (χ0v) is 12.0. The van der Waals surface area contributed by atoms with Crippen molar-refractivity contribution >= 4 is 11.5 Å². The Kier molecular flexibility index (Phi) is 3.35. The van der Waals surface area contributed by atoms with Crippen LogP contribution in [0.1, 0.15) is 16.7 Å². The van der Waals surface area contributed by atoms with Crippen molar-refractivity contribution in [2.24, 2.45) is 4.99 Å². The van der Waals surface area contributed by atoms with Gasteiger partial charge in [0.15, 0.2) is 0 Å². The van der Waals surface area contributed by atoms with Gasteiger partial charge in [-0.25, -0.2) is 9.37 Å². The number of halogens is 1. The maximum atomic E-state index is 13.6. The molecule has 22 heavy (non-hydrogen) atoms. The molecular formula is C17H16FN3O. The molecule has 1 saturated heterocycles. The van der Waals surface area contributed by atoms with Gasteiger partial charge in [0.05, 0.1) is 31.5 Å². The molecule has 0 spiro atoms. The maximum Gasteiger partial charge on any atom is 0.146 e. The molecule has 0 amide bonds. The van der Waals surface area contributed by atoms with Gasteiger partial charge in [0, 0.05) is 17.3 Å². The molecule has 2 atom stereocenters. The Balaban J connectivity index is 1.60. The predicted octanol–water partition coefficient (Wildman–Crippen LogP) is 2.58. The molecule has 1 aromatic carbocycles. The highest BCUT2D eigenvalue weighted by atomic mass is 19.1. The summed E-state index contributed by atoms with van der Waals surface area (Å²) in [5.74, 6) is 0.655. The van der Waals surface area contributed by atoms with Crippen molar-refractivity contribution in [3.8, 4) is 0 Å². The Morgan fingerprint density at radius 2 is 2.09 bits per heavy atom. The fraction of sp³-hybridized carbons (Fsp3) is 0.294. The molecule has 4 nitrogen and oxygen atoms in total. The van der Waals surface area contributed by atoms with Crippen LogP contribution in [0.5, 0.6) is 0 Å². The lowest BCUT2D eigenvalue weighted by atomic mass is 10.0. The van der Waals surface area contributed by atoms with Crippen molar-refractivity contribution in [1.29, 1.82) is 0 Å². The molecule has 2 aliphatic heterocycles. The smallest absolute Gasteiger partial charge is 0.146 e. The number of nitrogens with zero attached hydrogens (tertiary/aromatic N) is 2. The van der Waals surface area contributed by atoms with E-state index >= 15 is 0 Å². The molecule has 0 aliphatic carbocycles. The summed E-state index contributed by atoms with van der Waals surface area (Å²) < 4.78 is 18.8. The number of fused-ring (bicyclic) bond motifs is 1. The fourth-order valence-electron chi connectivity index (χ4n) is 2.89. The average molecular weight is 297 g/mol. The number of aliphatic imine (C=N–C) groups is 1. The molecule has 2 aliphatic rings. The van der Waals surface area contributed by atoms with Crippen LogP contribution in [0.3, 0.4) is 0 Å². The standard InChI is InChI=1S/C17H16FN3O/c18-14-9-22-10-15(14)21-16-7-11(5-6-19-16)17-13-4-2-1-3-12(13)8-20-17/h1-7,14-15H,8-10H2,(H,19,21)/t14-,15+/m0/s1. The van der Waals surface area contributed by atoms with Crippen molar-refractivity contribution in [3.63, 3.8) is 0 Å². The van der Waals surface area contributed by atoms with Crippen molar-refractivity contribution < 1.29 is 9.13 Å². The van der Waals surface area contributed by atoms with E-state index in [1.807, 2.05) is 24.3 Å². The van der Waals surface area contributed by atoms with Crippen LogP contribution in [0.2, 0.25) is 0 Å². The maximum absolute atomic E-state index is 13.6. The number of pyridine rings is 1. The summed E-state index contributed by atoms with van der Waals surface area (Å²) in [5.41, 5.74) is 4.36. The number of hydrogen-bond donors (Lipinski definition) is 1. The third-order valence-corrected chi connectivity index (χ3v) is 4.06. The van der Waals surface area contributed by atoms with Gasteiger partial charge in [-0.2, -0.15) is 0 Å². The van der Waals surface area contributed by atoms with Crippen molar-refractivity contribution in [2.45, 2.75) is 18.8 Å². The lowest BCUT2D eigenvalue weighted by molar-refractivity contribution is 0.173. The van der Waals surface area contributed by atoms with Crippen LogP contribution < -0.4 is 5.32 Å². The van der Waals surface area contributed by atoms with Crippen LogP contribution in [0, 0.1) is 0 Å². The Bertz CT molecular complexity index is 731. The van der Waals surface area contributed by atoms with Gasteiger partial charge in [-0.1, -0.05) is 24.3 Å². The summed E-state index contributed by atoms with van der Waals surface area (Å²) >= 11 is 0. The van der Waals surface area contributed by atoms with Crippen LogP contribution >= 0.6 is 0 Å². The number of alkyl halides is 1. The number of hydrogen-bond acceptors (Lipinski definition) is 4. The van der Waals surface area contributed by atoms with E-state index in [1.165, 1.54) is 5.56 Å². The Morgan fingerprint density at radius 3 is 2.95 bits per heavy atom. The van der Waals surface area contributed by atoms with E-state index in [-0.39, 0.29) is 12.6 Å². The zero-order valence-electron chi connectivity index (χ0n) is 12.0. The average Bonchev–Trinajstić information content (AvgIpc) is 3.14. The first kappa shape index (κ1) is 13.4. The summed E-state index contributed by atoms with van der Waals surface area (Å²) in [4.78, 5) is 8.90. The summed E-state index contributed by atoms with van der Waals surface area (Å²) in [5, 5.41) is 3.11. The minimum atomic E-state index is -0.991. The van der Waals surface area contributed by atoms with Crippen molar-refractivity contribution in [2.75, 3.05) is 18.5 Å². The Hall–Kier alpha value is -2.27. The topological polar surface area (TPSA) is 46.5 Å². The molecule has 1 N–H and O–H groups in total. The molecular weight excluding hydrogens is 281 g/mol. The SMILES string of the molecule is F[C@H]1COC[C@H]1Nc1cc(C2=NCc3ccccc32)ccn1. The van der Waals surface area contributed by atoms with Gasteiger partial charge in [0.2, 0.25) is 0 Å². The summed E-state index contributed by atoms with van der Waals surface area (Å²) in [6.45, 7) is 1.23. The minimum Gasteiger partial charge on any atom is -0.376 e. The van der Waals surface area contributed by atoms with Crippen molar-refractivity contribution in [3.05, 3.63) is 59.3 Å². The second kappa shape index (κ2) is 5.50. The van der Waals surface area contributed by atoms with E-state index in [1.54, 1.807) is 6.20 Å². The number of anilines is 1. The molecule has 1 fully saturated rings. The third kappa shape index (κ3) is 2.37. The summed E-state index contributed by atoms with van der Waals surface area (Å²) in [6, 6.07) is 11.7. The largest absolute Gasteiger partial charge is 0.376 e. The van der Waals surface area contributed by atoms with Crippen LogP contribution in [0.4, 0.5) is 10.2 Å². The predicted molar refractivity (Wildman–Crippen MR) is 83.1 cm³/mol. The van der Waals surface area contributed by atoms with Gasteiger partial charge < -0.3 is 10.1 Å². The molecule has 3 heterocycles. The summed E-state index contributed by atoms with van der Waals surface area (Å²) in [6.07, 6.45) is 0.736. The first-order chi connectivity index (χ1) is 10.8. The van der Waals surface area contributed by atoms with Crippen molar-refractivity contribution in [1.82, 2.24) is 4.98 Å². The quantitative estimate of drug-likeness (QED) is 0.947. The van der Waals surface area contributed by atoms with Gasteiger partial charge in [-0.05, 0) is 17.7 Å². The van der Waals surface area contributed by atoms with E-state index in [4.69, 9.17) is 4.74 Å². The lowest BCUT2D eigenvalue weighted by Crippen LogP contribution is -2.29.